The van der Waals surface area contributed by atoms with Gasteiger partial charge in [-0.1, -0.05) is 23.8 Å². The molecule has 4 heteroatoms. The Labute approximate surface area is 143 Å². The fraction of sp³-hybridized carbons (Fsp3) is 0.350. The van der Waals surface area contributed by atoms with Crippen molar-refractivity contribution in [2.24, 2.45) is 0 Å². The molecule has 1 aromatic carbocycles. The summed E-state index contributed by atoms with van der Waals surface area (Å²) in [5.41, 5.74) is 2.10. The first-order valence-corrected chi connectivity index (χ1v) is 8.15. The third-order valence-corrected chi connectivity index (χ3v) is 3.76. The number of rotatable bonds is 8. The van der Waals surface area contributed by atoms with E-state index in [1.54, 1.807) is 26.4 Å². The number of ether oxygens (including phenoxy) is 3. The van der Waals surface area contributed by atoms with Crippen LogP contribution in [-0.2, 0) is 9.53 Å². The van der Waals surface area contributed by atoms with Crippen LogP contribution >= 0.6 is 0 Å². The zero-order chi connectivity index (χ0) is 17.2. The van der Waals surface area contributed by atoms with Gasteiger partial charge in [0.05, 0.1) is 20.8 Å². The molecule has 1 aromatic rings. The number of benzene rings is 1. The van der Waals surface area contributed by atoms with E-state index in [1.165, 1.54) is 11.6 Å². The summed E-state index contributed by atoms with van der Waals surface area (Å²) >= 11 is 0. The average molecular weight is 328 g/mol. The Bertz CT molecular complexity index is 641. The standard InChI is InChI=1S/C20H24O4/c1-22-18-11-12-19(23-2)17(15-18)10-13-20(21)24-14-6-9-16-7-4-3-5-8-16/h4,7-8,10-13,15H,3,5-6,9,14H2,1-2H3/b13-10+. The summed E-state index contributed by atoms with van der Waals surface area (Å²) < 4.78 is 15.7. The minimum atomic E-state index is -0.354. The highest BCUT2D eigenvalue weighted by atomic mass is 16.5. The molecular formula is C20H24O4. The second-order valence-corrected chi connectivity index (χ2v) is 5.47. The van der Waals surface area contributed by atoms with Crippen LogP contribution in [0.4, 0.5) is 0 Å². The lowest BCUT2D eigenvalue weighted by molar-refractivity contribution is -0.137. The zero-order valence-corrected chi connectivity index (χ0v) is 14.3. The molecule has 1 aliphatic rings. The topological polar surface area (TPSA) is 44.8 Å². The molecule has 0 unspecified atom stereocenters. The first-order chi connectivity index (χ1) is 11.7. The highest BCUT2D eigenvalue weighted by Gasteiger charge is 2.04. The Balaban J connectivity index is 1.80. The molecule has 0 N–H and O–H groups in total. The molecule has 1 aliphatic carbocycles. The van der Waals surface area contributed by atoms with Gasteiger partial charge in [0.2, 0.25) is 0 Å². The van der Waals surface area contributed by atoms with E-state index in [0.717, 1.165) is 31.2 Å². The van der Waals surface area contributed by atoms with Gasteiger partial charge < -0.3 is 14.2 Å². The van der Waals surface area contributed by atoms with E-state index in [-0.39, 0.29) is 5.97 Å². The number of esters is 1. The van der Waals surface area contributed by atoms with E-state index >= 15 is 0 Å². The van der Waals surface area contributed by atoms with Crippen LogP contribution in [0.3, 0.4) is 0 Å². The SMILES string of the molecule is COc1ccc(OC)c(/C=C/C(=O)OCCCC2=CCCC=C2)c1. The Morgan fingerprint density at radius 2 is 2.08 bits per heavy atom. The van der Waals surface area contributed by atoms with Crippen LogP contribution in [-0.4, -0.2) is 26.8 Å². The lowest BCUT2D eigenvalue weighted by atomic mass is 10.0. The maximum atomic E-state index is 11.8. The molecule has 0 radical (unpaired) electrons. The van der Waals surface area contributed by atoms with Crippen LogP contribution in [0.15, 0.2) is 48.1 Å². The van der Waals surface area contributed by atoms with E-state index in [9.17, 15) is 4.79 Å². The van der Waals surface area contributed by atoms with Crippen molar-refractivity contribution in [3.63, 3.8) is 0 Å². The first kappa shape index (κ1) is 17.9. The van der Waals surface area contributed by atoms with Gasteiger partial charge >= 0.3 is 5.97 Å². The summed E-state index contributed by atoms with van der Waals surface area (Å²) in [5.74, 6) is 1.03. The lowest BCUT2D eigenvalue weighted by Crippen LogP contribution is -2.02. The molecule has 0 saturated carbocycles. The quantitative estimate of drug-likeness (QED) is 0.405. The number of methoxy groups -OCH3 is 2. The van der Waals surface area contributed by atoms with Crippen molar-refractivity contribution in [1.82, 2.24) is 0 Å². The normalized spacial score (nSPS) is 13.7. The molecule has 0 bridgehead atoms. The van der Waals surface area contributed by atoms with Crippen molar-refractivity contribution in [2.75, 3.05) is 20.8 Å². The van der Waals surface area contributed by atoms with Crippen LogP contribution < -0.4 is 9.47 Å². The monoisotopic (exact) mass is 328 g/mol. The second-order valence-electron chi connectivity index (χ2n) is 5.47. The minimum absolute atomic E-state index is 0.354. The van der Waals surface area contributed by atoms with Gasteiger partial charge in [-0.2, -0.15) is 0 Å². The van der Waals surface area contributed by atoms with Crippen molar-refractivity contribution in [2.45, 2.75) is 25.7 Å². The highest BCUT2D eigenvalue weighted by Crippen LogP contribution is 2.25. The number of carbonyl (C=O) groups excluding carboxylic acids is 1. The van der Waals surface area contributed by atoms with Crippen LogP contribution in [0.25, 0.3) is 6.08 Å². The summed E-state index contributed by atoms with van der Waals surface area (Å²) in [5, 5.41) is 0. The molecule has 0 amide bonds. The maximum absolute atomic E-state index is 11.8. The van der Waals surface area contributed by atoms with Crippen molar-refractivity contribution in [3.8, 4) is 11.5 Å². The number of allylic oxidation sites excluding steroid dienone is 4. The van der Waals surface area contributed by atoms with Gasteiger partial charge in [0, 0.05) is 11.6 Å². The Morgan fingerprint density at radius 3 is 2.79 bits per heavy atom. The highest BCUT2D eigenvalue weighted by molar-refractivity contribution is 5.87. The molecule has 0 atom stereocenters. The molecule has 0 fully saturated rings. The first-order valence-electron chi connectivity index (χ1n) is 8.15. The third-order valence-electron chi connectivity index (χ3n) is 3.76. The molecule has 0 heterocycles. The van der Waals surface area contributed by atoms with Gasteiger partial charge in [-0.05, 0) is 50.0 Å². The predicted molar refractivity (Wildman–Crippen MR) is 95.2 cm³/mol. The predicted octanol–water partition coefficient (Wildman–Crippen LogP) is 4.32. The number of hydrogen-bond acceptors (Lipinski definition) is 4. The number of carbonyl (C=O) groups is 1. The summed E-state index contributed by atoms with van der Waals surface area (Å²) in [6, 6.07) is 5.42. The van der Waals surface area contributed by atoms with Gasteiger partial charge in [0.25, 0.3) is 0 Å². The van der Waals surface area contributed by atoms with Gasteiger partial charge in [-0.3, -0.25) is 0 Å². The zero-order valence-electron chi connectivity index (χ0n) is 14.3. The summed E-state index contributed by atoms with van der Waals surface area (Å²) in [6.45, 7) is 0.420. The Hall–Kier alpha value is -2.49. The van der Waals surface area contributed by atoms with Gasteiger partial charge in [0.1, 0.15) is 11.5 Å². The number of hydrogen-bond donors (Lipinski definition) is 0. The fourth-order valence-corrected chi connectivity index (χ4v) is 2.48. The smallest absolute Gasteiger partial charge is 0.330 e. The van der Waals surface area contributed by atoms with Gasteiger partial charge in [0.15, 0.2) is 0 Å². The van der Waals surface area contributed by atoms with Crippen molar-refractivity contribution in [1.29, 1.82) is 0 Å². The lowest BCUT2D eigenvalue weighted by Gasteiger charge is -2.08. The van der Waals surface area contributed by atoms with Crippen LogP contribution in [0.2, 0.25) is 0 Å². The summed E-state index contributed by atoms with van der Waals surface area (Å²) in [6.07, 6.45) is 13.7. The fourth-order valence-electron chi connectivity index (χ4n) is 2.48. The van der Waals surface area contributed by atoms with E-state index < -0.39 is 0 Å². The second kappa shape index (κ2) is 9.60. The van der Waals surface area contributed by atoms with Gasteiger partial charge in [-0.25, -0.2) is 4.79 Å². The van der Waals surface area contributed by atoms with Crippen molar-refractivity contribution < 1.29 is 19.0 Å². The molecule has 0 saturated heterocycles. The third kappa shape index (κ3) is 5.61. The molecule has 4 nitrogen and oxygen atoms in total. The van der Waals surface area contributed by atoms with E-state index in [4.69, 9.17) is 14.2 Å². The minimum Gasteiger partial charge on any atom is -0.497 e. The average Bonchev–Trinajstić information content (AvgIpc) is 2.64. The molecule has 0 aromatic heterocycles. The molecule has 0 aliphatic heterocycles. The maximum Gasteiger partial charge on any atom is 0.330 e. The van der Waals surface area contributed by atoms with E-state index in [1.807, 2.05) is 12.1 Å². The van der Waals surface area contributed by atoms with Crippen LogP contribution in [0.1, 0.15) is 31.2 Å². The molecule has 2 rings (SSSR count). The van der Waals surface area contributed by atoms with Crippen molar-refractivity contribution in [3.05, 3.63) is 53.6 Å². The van der Waals surface area contributed by atoms with Crippen LogP contribution in [0.5, 0.6) is 11.5 Å². The van der Waals surface area contributed by atoms with Gasteiger partial charge in [-0.15, -0.1) is 0 Å². The summed E-state index contributed by atoms with van der Waals surface area (Å²) in [7, 11) is 3.19. The van der Waals surface area contributed by atoms with Crippen LogP contribution in [0, 0.1) is 0 Å². The molecule has 24 heavy (non-hydrogen) atoms. The Morgan fingerprint density at radius 1 is 1.21 bits per heavy atom. The Kier molecular flexibility index (Phi) is 7.15. The van der Waals surface area contributed by atoms with E-state index in [2.05, 4.69) is 18.2 Å². The largest absolute Gasteiger partial charge is 0.497 e. The molecule has 0 spiro atoms. The van der Waals surface area contributed by atoms with Crippen molar-refractivity contribution >= 4 is 12.0 Å². The summed E-state index contributed by atoms with van der Waals surface area (Å²) in [4.78, 5) is 11.8. The molecule has 128 valence electrons. The molecular weight excluding hydrogens is 304 g/mol. The van der Waals surface area contributed by atoms with E-state index in [0.29, 0.717) is 18.1 Å².